The van der Waals surface area contributed by atoms with Crippen molar-refractivity contribution in [2.24, 2.45) is 0 Å². The minimum atomic E-state index is 0.415. The summed E-state index contributed by atoms with van der Waals surface area (Å²) in [5.41, 5.74) is 0. The average Bonchev–Trinajstić information content (AvgIpc) is 3.22. The van der Waals surface area contributed by atoms with E-state index >= 15 is 0 Å². The summed E-state index contributed by atoms with van der Waals surface area (Å²) in [6.07, 6.45) is 50.4. The van der Waals surface area contributed by atoms with Crippen LogP contribution in [0.5, 0.6) is 0 Å². The van der Waals surface area contributed by atoms with Crippen LogP contribution >= 0.6 is 0 Å². The molecule has 0 aliphatic carbocycles. The van der Waals surface area contributed by atoms with Gasteiger partial charge >= 0.3 is 0 Å². The first-order valence-corrected chi connectivity index (χ1v) is 26.7. The van der Waals surface area contributed by atoms with Gasteiger partial charge in [-0.3, -0.25) is 9.59 Å². The summed E-state index contributed by atoms with van der Waals surface area (Å²) in [6, 6.07) is 0. The van der Waals surface area contributed by atoms with Gasteiger partial charge < -0.3 is 14.7 Å². The van der Waals surface area contributed by atoms with E-state index in [9.17, 15) is 9.59 Å². The topological polar surface area (TPSA) is 43.9 Å². The van der Waals surface area contributed by atoms with Crippen LogP contribution in [0.3, 0.4) is 0 Å². The molecule has 0 aliphatic rings. The monoisotopic (exact) mass is 818 g/mol. The van der Waals surface area contributed by atoms with Crippen LogP contribution in [0.4, 0.5) is 0 Å². The second-order valence-corrected chi connectivity index (χ2v) is 18.6. The molecule has 2 amide bonds. The van der Waals surface area contributed by atoms with Gasteiger partial charge in [0.15, 0.2) is 0 Å². The number of rotatable bonds is 48. The van der Waals surface area contributed by atoms with Crippen LogP contribution in [0.25, 0.3) is 0 Å². The lowest BCUT2D eigenvalue weighted by Crippen LogP contribution is -2.32. The highest BCUT2D eigenvalue weighted by atomic mass is 16.2. The summed E-state index contributed by atoms with van der Waals surface area (Å²) in [5, 5.41) is 0. The summed E-state index contributed by atoms with van der Waals surface area (Å²) in [4.78, 5) is 33.4. The van der Waals surface area contributed by atoms with E-state index < -0.39 is 0 Å². The van der Waals surface area contributed by atoms with Gasteiger partial charge in [-0.15, -0.1) is 0 Å². The van der Waals surface area contributed by atoms with Gasteiger partial charge in [0.05, 0.1) is 0 Å². The Bertz CT molecular complexity index is 798. The van der Waals surface area contributed by atoms with E-state index in [0.29, 0.717) is 11.8 Å². The second kappa shape index (κ2) is 47.0. The number of hydrogen-bond donors (Lipinski definition) is 0. The van der Waals surface area contributed by atoms with Crippen molar-refractivity contribution in [3.63, 3.8) is 0 Å². The van der Waals surface area contributed by atoms with Crippen LogP contribution in [0.15, 0.2) is 0 Å². The lowest BCUT2D eigenvalue weighted by molar-refractivity contribution is -0.132. The maximum atomic E-state index is 13.3. The largest absolute Gasteiger partial charge is 0.343 e. The molecule has 0 aromatic carbocycles. The van der Waals surface area contributed by atoms with Crippen LogP contribution in [0.2, 0.25) is 0 Å². The molecule has 0 rings (SSSR count). The molecule has 0 aliphatic heterocycles. The SMILES string of the molecule is CCCCCCCCCCN(CCCCCCCCCC)C(=O)CCCCCCCN(C)CCCCCCCC(=O)N(CCCCCCCC)CCCCCCCC. The van der Waals surface area contributed by atoms with Crippen molar-refractivity contribution in [1.82, 2.24) is 14.7 Å². The van der Waals surface area contributed by atoms with Gasteiger partial charge in [-0.25, -0.2) is 0 Å². The fourth-order valence-electron chi connectivity index (χ4n) is 8.57. The second-order valence-electron chi connectivity index (χ2n) is 18.6. The number of carbonyl (C=O) groups excluding carboxylic acids is 2. The Morgan fingerprint density at radius 1 is 0.259 bits per heavy atom. The lowest BCUT2D eigenvalue weighted by Gasteiger charge is -2.23. The molecule has 0 saturated carbocycles. The van der Waals surface area contributed by atoms with E-state index in [0.717, 1.165) is 51.9 Å². The fraction of sp³-hybridized carbons (Fsp3) is 0.962. The smallest absolute Gasteiger partial charge is 0.222 e. The van der Waals surface area contributed by atoms with E-state index in [2.05, 4.69) is 49.4 Å². The van der Waals surface area contributed by atoms with Crippen molar-refractivity contribution in [1.29, 1.82) is 0 Å². The molecule has 346 valence electrons. The molecule has 0 radical (unpaired) electrons. The third-order valence-electron chi connectivity index (χ3n) is 12.7. The first kappa shape index (κ1) is 56.9. The number of hydrogen-bond acceptors (Lipinski definition) is 3. The molecular weight excluding hydrogens is 711 g/mol. The van der Waals surface area contributed by atoms with Crippen LogP contribution in [0, 0.1) is 0 Å². The van der Waals surface area contributed by atoms with Gasteiger partial charge in [0, 0.05) is 39.0 Å². The Balaban J connectivity index is 4.16. The molecule has 0 aromatic heterocycles. The van der Waals surface area contributed by atoms with Crippen molar-refractivity contribution in [3.8, 4) is 0 Å². The zero-order valence-corrected chi connectivity index (χ0v) is 40.7. The summed E-state index contributed by atoms with van der Waals surface area (Å²) < 4.78 is 0. The molecule has 0 fully saturated rings. The highest BCUT2D eigenvalue weighted by Gasteiger charge is 2.14. The van der Waals surface area contributed by atoms with Crippen LogP contribution < -0.4 is 0 Å². The third kappa shape index (κ3) is 40.3. The van der Waals surface area contributed by atoms with Gasteiger partial charge in [-0.1, -0.05) is 220 Å². The van der Waals surface area contributed by atoms with Gasteiger partial charge in [0.1, 0.15) is 0 Å². The maximum absolute atomic E-state index is 13.3. The molecule has 5 nitrogen and oxygen atoms in total. The summed E-state index contributed by atoms with van der Waals surface area (Å²) >= 11 is 0. The lowest BCUT2D eigenvalue weighted by atomic mass is 10.1. The van der Waals surface area contributed by atoms with Crippen molar-refractivity contribution >= 4 is 11.8 Å². The number of nitrogens with zero attached hydrogens (tertiary/aromatic N) is 3. The van der Waals surface area contributed by atoms with Crippen molar-refractivity contribution in [2.45, 2.75) is 285 Å². The van der Waals surface area contributed by atoms with Gasteiger partial charge in [-0.2, -0.15) is 0 Å². The van der Waals surface area contributed by atoms with E-state index in [4.69, 9.17) is 0 Å². The van der Waals surface area contributed by atoms with E-state index in [1.807, 2.05) is 0 Å². The molecular formula is C53H107N3O2. The molecule has 0 saturated heterocycles. The summed E-state index contributed by atoms with van der Waals surface area (Å²) in [5.74, 6) is 0.838. The van der Waals surface area contributed by atoms with Crippen molar-refractivity contribution in [2.75, 3.05) is 46.3 Å². The van der Waals surface area contributed by atoms with Gasteiger partial charge in [0.2, 0.25) is 11.8 Å². The van der Waals surface area contributed by atoms with E-state index in [1.54, 1.807) is 0 Å². The quantitative estimate of drug-likeness (QED) is 0.0575. The average molecular weight is 818 g/mol. The van der Waals surface area contributed by atoms with Crippen LogP contribution in [0.1, 0.15) is 285 Å². The molecule has 0 bridgehead atoms. The molecule has 5 heteroatoms. The number of amides is 2. The molecule has 0 atom stereocenters. The minimum absolute atomic E-state index is 0.415. The van der Waals surface area contributed by atoms with Crippen LogP contribution in [-0.4, -0.2) is 72.8 Å². The Labute approximate surface area is 365 Å². The van der Waals surface area contributed by atoms with E-state index in [-0.39, 0.29) is 0 Å². The molecule has 0 aromatic rings. The predicted octanol–water partition coefficient (Wildman–Crippen LogP) is 16.3. The zero-order chi connectivity index (χ0) is 42.4. The van der Waals surface area contributed by atoms with Crippen molar-refractivity contribution < 1.29 is 9.59 Å². The molecule has 0 N–H and O–H groups in total. The summed E-state index contributed by atoms with van der Waals surface area (Å²) in [6.45, 7) is 15.4. The highest BCUT2D eigenvalue weighted by molar-refractivity contribution is 5.76. The summed E-state index contributed by atoms with van der Waals surface area (Å²) in [7, 11) is 2.28. The molecule has 0 unspecified atom stereocenters. The Morgan fingerprint density at radius 3 is 0.690 bits per heavy atom. The van der Waals surface area contributed by atoms with E-state index in [1.165, 1.54) is 244 Å². The number of carbonyl (C=O) groups is 2. The van der Waals surface area contributed by atoms with Crippen molar-refractivity contribution in [3.05, 3.63) is 0 Å². The third-order valence-corrected chi connectivity index (χ3v) is 12.7. The van der Waals surface area contributed by atoms with Gasteiger partial charge in [-0.05, 0) is 71.5 Å². The molecule has 0 spiro atoms. The highest BCUT2D eigenvalue weighted by Crippen LogP contribution is 2.16. The first-order chi connectivity index (χ1) is 28.5. The minimum Gasteiger partial charge on any atom is -0.343 e. The van der Waals surface area contributed by atoms with Crippen LogP contribution in [-0.2, 0) is 9.59 Å². The fourth-order valence-corrected chi connectivity index (χ4v) is 8.57. The number of unbranched alkanes of at least 4 members (excludes halogenated alkanes) is 32. The molecule has 58 heavy (non-hydrogen) atoms. The first-order valence-electron chi connectivity index (χ1n) is 26.7. The maximum Gasteiger partial charge on any atom is 0.222 e. The van der Waals surface area contributed by atoms with Gasteiger partial charge in [0.25, 0.3) is 0 Å². The standard InChI is InChI=1S/C53H107N3O2/c1-6-10-14-18-22-24-34-42-50-56(51-43-35-25-23-19-15-11-7-2)53(58)45-37-29-27-31-39-47-54(5)46-38-30-26-28-36-44-52(57)55(48-40-32-20-16-12-8-3)49-41-33-21-17-13-9-4/h6-51H2,1-5H3. The normalized spacial score (nSPS) is 11.6. The Kier molecular flexibility index (Phi) is 46.1. The molecule has 0 heterocycles. The Morgan fingerprint density at radius 2 is 0.448 bits per heavy atom. The zero-order valence-electron chi connectivity index (χ0n) is 40.7. The Hall–Kier alpha value is -1.10. The predicted molar refractivity (Wildman–Crippen MR) is 258 cm³/mol.